The predicted octanol–water partition coefficient (Wildman–Crippen LogP) is 1.88. The summed E-state index contributed by atoms with van der Waals surface area (Å²) in [7, 11) is 0. The minimum Gasteiger partial charge on any atom is -0.352 e. The molecule has 1 unspecified atom stereocenters. The molecule has 112 valence electrons. The summed E-state index contributed by atoms with van der Waals surface area (Å²) in [6, 6.07) is 8.32. The summed E-state index contributed by atoms with van der Waals surface area (Å²) in [5.74, 6) is 0.00668. The third kappa shape index (κ3) is 6.17. The molecule has 0 saturated carbocycles. The predicted molar refractivity (Wildman–Crippen MR) is 83.2 cm³/mol. The molecule has 0 fully saturated rings. The normalized spacial score (nSPS) is 12.4. The minimum absolute atomic E-state index is 0.00668. The summed E-state index contributed by atoms with van der Waals surface area (Å²) in [5.41, 5.74) is 8.01. The second-order valence-electron chi connectivity index (χ2n) is 5.24. The van der Waals surface area contributed by atoms with Gasteiger partial charge in [0, 0.05) is 25.6 Å². The van der Waals surface area contributed by atoms with Crippen LogP contribution in [-0.2, 0) is 17.9 Å². The van der Waals surface area contributed by atoms with Gasteiger partial charge >= 0.3 is 0 Å². The molecule has 0 aliphatic carbocycles. The van der Waals surface area contributed by atoms with Crippen molar-refractivity contribution in [1.82, 2.24) is 10.2 Å². The van der Waals surface area contributed by atoms with Gasteiger partial charge in [-0.1, -0.05) is 38.1 Å². The van der Waals surface area contributed by atoms with Crippen LogP contribution in [-0.4, -0.2) is 29.9 Å². The van der Waals surface area contributed by atoms with Crippen molar-refractivity contribution in [2.24, 2.45) is 5.73 Å². The van der Waals surface area contributed by atoms with Gasteiger partial charge in [-0.15, -0.1) is 0 Å². The number of nitrogens with two attached hydrogens (primary N) is 1. The highest BCUT2D eigenvalue weighted by atomic mass is 16.1. The molecule has 0 bridgehead atoms. The highest BCUT2D eigenvalue weighted by Gasteiger charge is 2.05. The highest BCUT2D eigenvalue weighted by Crippen LogP contribution is 2.07. The number of carbonyl (C=O) groups excluding carboxylic acids is 1. The Labute approximate surface area is 122 Å². The Morgan fingerprint density at radius 3 is 2.25 bits per heavy atom. The third-order valence-electron chi connectivity index (χ3n) is 3.32. The Hall–Kier alpha value is -1.39. The number of hydrogen-bond acceptors (Lipinski definition) is 3. The zero-order valence-electron chi connectivity index (χ0n) is 12.9. The first kappa shape index (κ1) is 16.7. The number of nitrogens with one attached hydrogen (secondary N) is 1. The molecular formula is C16H27N3O. The van der Waals surface area contributed by atoms with E-state index in [9.17, 15) is 4.79 Å². The first-order valence-corrected chi connectivity index (χ1v) is 7.37. The standard InChI is InChI=1S/C16H27N3O/c1-4-19(5-2)12-15-8-6-14(7-9-15)11-18-16(20)10-13(3)17/h6-9,13H,4-5,10-12,17H2,1-3H3,(H,18,20). The fraction of sp³-hybridized carbons (Fsp3) is 0.562. The van der Waals surface area contributed by atoms with E-state index < -0.39 is 0 Å². The lowest BCUT2D eigenvalue weighted by Crippen LogP contribution is -2.29. The number of carbonyl (C=O) groups is 1. The van der Waals surface area contributed by atoms with Crippen LogP contribution in [0.1, 0.15) is 38.3 Å². The van der Waals surface area contributed by atoms with Gasteiger partial charge in [-0.25, -0.2) is 0 Å². The average molecular weight is 277 g/mol. The Morgan fingerprint density at radius 1 is 1.20 bits per heavy atom. The van der Waals surface area contributed by atoms with Gasteiger partial charge in [0.1, 0.15) is 0 Å². The zero-order valence-corrected chi connectivity index (χ0v) is 12.9. The summed E-state index contributed by atoms with van der Waals surface area (Å²) in [5, 5.41) is 2.88. The first-order chi connectivity index (χ1) is 9.55. The van der Waals surface area contributed by atoms with E-state index in [2.05, 4.69) is 48.3 Å². The van der Waals surface area contributed by atoms with Crippen LogP contribution in [0.2, 0.25) is 0 Å². The smallest absolute Gasteiger partial charge is 0.221 e. The second kappa shape index (κ2) is 8.72. The van der Waals surface area contributed by atoms with Gasteiger partial charge in [0.2, 0.25) is 5.91 Å². The molecule has 1 atom stereocenters. The largest absolute Gasteiger partial charge is 0.352 e. The van der Waals surface area contributed by atoms with Crippen LogP contribution in [0.5, 0.6) is 0 Å². The molecule has 0 radical (unpaired) electrons. The van der Waals surface area contributed by atoms with E-state index in [1.54, 1.807) is 0 Å². The number of nitrogens with zero attached hydrogens (tertiary/aromatic N) is 1. The molecule has 4 nitrogen and oxygen atoms in total. The summed E-state index contributed by atoms with van der Waals surface area (Å²) in [6.07, 6.45) is 0.375. The third-order valence-corrected chi connectivity index (χ3v) is 3.32. The molecule has 0 spiro atoms. The van der Waals surface area contributed by atoms with Crippen molar-refractivity contribution in [2.45, 2.75) is 46.3 Å². The molecule has 1 rings (SSSR count). The van der Waals surface area contributed by atoms with Gasteiger partial charge in [0.25, 0.3) is 0 Å². The zero-order chi connectivity index (χ0) is 15.0. The summed E-state index contributed by atoms with van der Waals surface area (Å²) >= 11 is 0. The lowest BCUT2D eigenvalue weighted by Gasteiger charge is -2.18. The van der Waals surface area contributed by atoms with E-state index in [-0.39, 0.29) is 11.9 Å². The van der Waals surface area contributed by atoms with Crippen LogP contribution < -0.4 is 11.1 Å². The van der Waals surface area contributed by atoms with Crippen molar-refractivity contribution in [1.29, 1.82) is 0 Å². The van der Waals surface area contributed by atoms with Crippen LogP contribution in [0.25, 0.3) is 0 Å². The average Bonchev–Trinajstić information content (AvgIpc) is 2.43. The van der Waals surface area contributed by atoms with Gasteiger partial charge in [-0.2, -0.15) is 0 Å². The van der Waals surface area contributed by atoms with E-state index in [0.717, 1.165) is 25.2 Å². The SMILES string of the molecule is CCN(CC)Cc1ccc(CNC(=O)CC(C)N)cc1. The van der Waals surface area contributed by atoms with E-state index >= 15 is 0 Å². The monoisotopic (exact) mass is 277 g/mol. The summed E-state index contributed by atoms with van der Waals surface area (Å²) in [4.78, 5) is 13.9. The Morgan fingerprint density at radius 2 is 1.75 bits per heavy atom. The maximum Gasteiger partial charge on any atom is 0.221 e. The van der Waals surface area contributed by atoms with Crippen molar-refractivity contribution in [3.63, 3.8) is 0 Å². The molecule has 1 aromatic rings. The van der Waals surface area contributed by atoms with Gasteiger partial charge < -0.3 is 11.1 Å². The molecule has 0 aliphatic heterocycles. The lowest BCUT2D eigenvalue weighted by atomic mass is 10.1. The van der Waals surface area contributed by atoms with Crippen LogP contribution in [0.15, 0.2) is 24.3 Å². The Kier molecular flexibility index (Phi) is 7.26. The van der Waals surface area contributed by atoms with Crippen molar-refractivity contribution in [3.05, 3.63) is 35.4 Å². The van der Waals surface area contributed by atoms with E-state index in [4.69, 9.17) is 5.73 Å². The highest BCUT2D eigenvalue weighted by molar-refractivity contribution is 5.76. The lowest BCUT2D eigenvalue weighted by molar-refractivity contribution is -0.121. The van der Waals surface area contributed by atoms with E-state index in [1.807, 2.05) is 6.92 Å². The topological polar surface area (TPSA) is 58.4 Å². The maximum atomic E-state index is 11.5. The summed E-state index contributed by atoms with van der Waals surface area (Å²) < 4.78 is 0. The van der Waals surface area contributed by atoms with Gasteiger partial charge in [0.05, 0.1) is 0 Å². The van der Waals surface area contributed by atoms with Gasteiger partial charge in [-0.05, 0) is 31.1 Å². The second-order valence-corrected chi connectivity index (χ2v) is 5.24. The van der Waals surface area contributed by atoms with Crippen molar-refractivity contribution in [3.8, 4) is 0 Å². The van der Waals surface area contributed by atoms with Crippen LogP contribution >= 0.6 is 0 Å². The van der Waals surface area contributed by atoms with Crippen molar-refractivity contribution >= 4 is 5.91 Å². The molecule has 4 heteroatoms. The quantitative estimate of drug-likeness (QED) is 0.763. The minimum atomic E-state index is -0.0913. The molecule has 1 aromatic carbocycles. The van der Waals surface area contributed by atoms with Crippen molar-refractivity contribution in [2.75, 3.05) is 13.1 Å². The molecule has 3 N–H and O–H groups in total. The van der Waals surface area contributed by atoms with Crippen LogP contribution in [0.3, 0.4) is 0 Å². The molecular weight excluding hydrogens is 250 g/mol. The summed E-state index contributed by atoms with van der Waals surface area (Å²) in [6.45, 7) is 9.85. The van der Waals surface area contributed by atoms with E-state index in [0.29, 0.717) is 13.0 Å². The van der Waals surface area contributed by atoms with Gasteiger partial charge in [-0.3, -0.25) is 9.69 Å². The number of rotatable bonds is 8. The van der Waals surface area contributed by atoms with Crippen LogP contribution in [0.4, 0.5) is 0 Å². The molecule has 0 aromatic heterocycles. The molecule has 0 heterocycles. The maximum absolute atomic E-state index is 11.5. The number of benzene rings is 1. The first-order valence-electron chi connectivity index (χ1n) is 7.37. The Bertz CT molecular complexity index is 397. The van der Waals surface area contributed by atoms with Crippen molar-refractivity contribution < 1.29 is 4.79 Å². The fourth-order valence-corrected chi connectivity index (χ4v) is 2.03. The molecule has 20 heavy (non-hydrogen) atoms. The van der Waals surface area contributed by atoms with E-state index in [1.165, 1.54) is 5.56 Å². The molecule has 1 amide bonds. The fourth-order valence-electron chi connectivity index (χ4n) is 2.03. The van der Waals surface area contributed by atoms with Crippen LogP contribution in [0, 0.1) is 0 Å². The number of hydrogen-bond donors (Lipinski definition) is 2. The number of amides is 1. The van der Waals surface area contributed by atoms with Gasteiger partial charge in [0.15, 0.2) is 0 Å². The Balaban J connectivity index is 2.44. The molecule has 0 saturated heterocycles. The molecule has 0 aliphatic rings.